The van der Waals surface area contributed by atoms with Crippen molar-refractivity contribution < 1.29 is 18.7 Å². The summed E-state index contributed by atoms with van der Waals surface area (Å²) in [5, 5.41) is 0. The zero-order chi connectivity index (χ0) is 17.1. The van der Waals surface area contributed by atoms with Gasteiger partial charge in [0.15, 0.2) is 6.10 Å². The van der Waals surface area contributed by atoms with Gasteiger partial charge in [0.2, 0.25) is 5.91 Å². The number of likely N-dealkylation sites (N-methyl/N-ethyl adjacent to an activating group) is 2. The van der Waals surface area contributed by atoms with Gasteiger partial charge >= 0.3 is 0 Å². The van der Waals surface area contributed by atoms with Crippen LogP contribution in [0.4, 0.5) is 0 Å². The summed E-state index contributed by atoms with van der Waals surface area (Å²) in [6, 6.07) is 12.6. The standard InChI is InChI=1S/C18H20N2O4/c1-19(11-14-9-6-10-23-14)18(22)17-16(13-7-4-3-5-8-13)20(2)15(21)12-24-17/h3-10,16-17H,11-12H2,1-2H3/t16-,17-/m1/s1. The van der Waals surface area contributed by atoms with Gasteiger partial charge in [0.1, 0.15) is 12.4 Å². The van der Waals surface area contributed by atoms with Gasteiger partial charge in [-0.25, -0.2) is 0 Å². The summed E-state index contributed by atoms with van der Waals surface area (Å²) in [5.41, 5.74) is 0.873. The van der Waals surface area contributed by atoms with Crippen LogP contribution in [0.3, 0.4) is 0 Å². The Balaban J connectivity index is 1.83. The molecule has 1 aliphatic heterocycles. The third kappa shape index (κ3) is 3.19. The lowest BCUT2D eigenvalue weighted by molar-refractivity contribution is -0.167. The fourth-order valence-corrected chi connectivity index (χ4v) is 2.90. The Morgan fingerprint density at radius 3 is 2.67 bits per heavy atom. The number of carbonyl (C=O) groups is 2. The Morgan fingerprint density at radius 2 is 2.00 bits per heavy atom. The zero-order valence-corrected chi connectivity index (χ0v) is 13.7. The van der Waals surface area contributed by atoms with Crippen LogP contribution in [0, 0.1) is 0 Å². The van der Waals surface area contributed by atoms with E-state index in [0.717, 1.165) is 5.56 Å². The Morgan fingerprint density at radius 1 is 1.25 bits per heavy atom. The third-order valence-electron chi connectivity index (χ3n) is 4.22. The first kappa shape index (κ1) is 16.3. The number of carbonyl (C=O) groups excluding carboxylic acids is 2. The quantitative estimate of drug-likeness (QED) is 0.859. The summed E-state index contributed by atoms with van der Waals surface area (Å²) in [6.45, 7) is 0.260. The molecule has 0 unspecified atom stereocenters. The largest absolute Gasteiger partial charge is 0.467 e. The molecule has 0 N–H and O–H groups in total. The maximum atomic E-state index is 12.9. The van der Waals surface area contributed by atoms with E-state index in [2.05, 4.69) is 0 Å². The summed E-state index contributed by atoms with van der Waals surface area (Å²) >= 11 is 0. The number of amides is 2. The average molecular weight is 328 g/mol. The Hall–Kier alpha value is -2.60. The molecule has 2 amide bonds. The Labute approximate surface area is 140 Å². The second-order valence-corrected chi connectivity index (χ2v) is 5.87. The Bertz CT molecular complexity index is 699. The van der Waals surface area contributed by atoms with Crippen LogP contribution in [0.2, 0.25) is 0 Å². The molecule has 1 saturated heterocycles. The lowest BCUT2D eigenvalue weighted by Gasteiger charge is -2.39. The van der Waals surface area contributed by atoms with Gasteiger partial charge in [0.05, 0.1) is 18.8 Å². The number of ether oxygens (including phenoxy) is 1. The zero-order valence-electron chi connectivity index (χ0n) is 13.7. The lowest BCUT2D eigenvalue weighted by atomic mass is 9.97. The molecule has 6 nitrogen and oxygen atoms in total. The molecule has 0 spiro atoms. The van der Waals surface area contributed by atoms with Crippen LogP contribution in [-0.4, -0.2) is 48.4 Å². The van der Waals surface area contributed by atoms with Crippen LogP contribution in [0.25, 0.3) is 0 Å². The number of furan rings is 1. The average Bonchev–Trinajstić information content (AvgIpc) is 3.10. The topological polar surface area (TPSA) is 63.0 Å². The molecule has 6 heteroatoms. The van der Waals surface area contributed by atoms with E-state index in [1.807, 2.05) is 36.4 Å². The summed E-state index contributed by atoms with van der Waals surface area (Å²) in [4.78, 5) is 28.1. The first-order chi connectivity index (χ1) is 11.6. The normalized spacial score (nSPS) is 20.9. The number of benzene rings is 1. The van der Waals surface area contributed by atoms with Gasteiger partial charge in [0.25, 0.3) is 5.91 Å². The van der Waals surface area contributed by atoms with E-state index in [1.54, 1.807) is 36.2 Å². The van der Waals surface area contributed by atoms with Gasteiger partial charge in [-0.2, -0.15) is 0 Å². The second kappa shape index (κ2) is 6.88. The fraction of sp³-hybridized carbons (Fsp3) is 0.333. The predicted octanol–water partition coefficient (Wildman–Crippen LogP) is 1.84. The van der Waals surface area contributed by atoms with E-state index in [4.69, 9.17) is 9.15 Å². The van der Waals surface area contributed by atoms with Crippen molar-refractivity contribution in [1.29, 1.82) is 0 Å². The summed E-state index contributed by atoms with van der Waals surface area (Å²) in [6.07, 6.45) is 0.833. The molecular weight excluding hydrogens is 308 g/mol. The number of hydrogen-bond acceptors (Lipinski definition) is 4. The van der Waals surface area contributed by atoms with Gasteiger partial charge < -0.3 is 19.0 Å². The van der Waals surface area contributed by atoms with Gasteiger partial charge in [-0.05, 0) is 17.7 Å². The van der Waals surface area contributed by atoms with Crippen LogP contribution in [-0.2, 0) is 20.9 Å². The van der Waals surface area contributed by atoms with Crippen molar-refractivity contribution in [3.05, 3.63) is 60.1 Å². The molecule has 2 aromatic rings. The summed E-state index contributed by atoms with van der Waals surface area (Å²) in [5.74, 6) is 0.378. The molecule has 1 aromatic carbocycles. The maximum absolute atomic E-state index is 12.9. The number of morpholine rings is 1. The molecule has 2 atom stereocenters. The smallest absolute Gasteiger partial charge is 0.254 e. The van der Waals surface area contributed by atoms with Crippen LogP contribution in [0.1, 0.15) is 17.4 Å². The lowest BCUT2D eigenvalue weighted by Crippen LogP contribution is -2.53. The second-order valence-electron chi connectivity index (χ2n) is 5.87. The van der Waals surface area contributed by atoms with Gasteiger partial charge in [-0.1, -0.05) is 30.3 Å². The fourth-order valence-electron chi connectivity index (χ4n) is 2.90. The molecule has 24 heavy (non-hydrogen) atoms. The van der Waals surface area contributed by atoms with Gasteiger partial charge in [-0.15, -0.1) is 0 Å². The van der Waals surface area contributed by atoms with E-state index in [1.165, 1.54) is 0 Å². The van der Waals surface area contributed by atoms with Crippen LogP contribution in [0.15, 0.2) is 53.1 Å². The number of rotatable bonds is 4. The molecule has 0 aliphatic carbocycles. The monoisotopic (exact) mass is 328 g/mol. The van der Waals surface area contributed by atoms with Crippen molar-refractivity contribution in [3.8, 4) is 0 Å². The highest BCUT2D eigenvalue weighted by Crippen LogP contribution is 2.30. The van der Waals surface area contributed by atoms with Crippen molar-refractivity contribution in [3.63, 3.8) is 0 Å². The minimum absolute atomic E-state index is 0.0924. The minimum atomic E-state index is -0.741. The molecule has 3 rings (SSSR count). The molecule has 126 valence electrons. The highest BCUT2D eigenvalue weighted by atomic mass is 16.5. The molecular formula is C18H20N2O4. The summed E-state index contributed by atoms with van der Waals surface area (Å²) in [7, 11) is 3.40. The number of nitrogens with zero attached hydrogens (tertiary/aromatic N) is 2. The van der Waals surface area contributed by atoms with Crippen LogP contribution >= 0.6 is 0 Å². The van der Waals surface area contributed by atoms with Crippen molar-refractivity contribution in [2.24, 2.45) is 0 Å². The molecule has 0 radical (unpaired) electrons. The van der Waals surface area contributed by atoms with Crippen LogP contribution in [0.5, 0.6) is 0 Å². The maximum Gasteiger partial charge on any atom is 0.254 e. The van der Waals surface area contributed by atoms with E-state index in [9.17, 15) is 9.59 Å². The van der Waals surface area contributed by atoms with Crippen molar-refractivity contribution >= 4 is 11.8 Å². The SMILES string of the molecule is CN(Cc1ccco1)C(=O)[C@@H]1OCC(=O)N(C)[C@@H]1c1ccccc1. The molecule has 0 saturated carbocycles. The predicted molar refractivity (Wildman–Crippen MR) is 86.9 cm³/mol. The molecule has 2 heterocycles. The number of hydrogen-bond donors (Lipinski definition) is 0. The van der Waals surface area contributed by atoms with E-state index < -0.39 is 12.1 Å². The highest BCUT2D eigenvalue weighted by molar-refractivity contribution is 5.86. The van der Waals surface area contributed by atoms with Gasteiger partial charge in [0, 0.05) is 14.1 Å². The minimum Gasteiger partial charge on any atom is -0.467 e. The highest BCUT2D eigenvalue weighted by Gasteiger charge is 2.41. The first-order valence-electron chi connectivity index (χ1n) is 7.77. The Kier molecular flexibility index (Phi) is 4.66. The van der Waals surface area contributed by atoms with Crippen molar-refractivity contribution in [2.45, 2.75) is 18.7 Å². The molecule has 1 aliphatic rings. The first-order valence-corrected chi connectivity index (χ1v) is 7.77. The third-order valence-corrected chi connectivity index (χ3v) is 4.22. The molecule has 1 fully saturated rings. The van der Waals surface area contributed by atoms with Crippen molar-refractivity contribution in [2.75, 3.05) is 20.7 Å². The van der Waals surface area contributed by atoms with Gasteiger partial charge in [-0.3, -0.25) is 9.59 Å². The van der Waals surface area contributed by atoms with E-state index >= 15 is 0 Å². The molecule has 0 bridgehead atoms. The summed E-state index contributed by atoms with van der Waals surface area (Å²) < 4.78 is 10.9. The van der Waals surface area contributed by atoms with Crippen LogP contribution < -0.4 is 0 Å². The van der Waals surface area contributed by atoms with Crippen molar-refractivity contribution in [1.82, 2.24) is 9.80 Å². The van der Waals surface area contributed by atoms with E-state index in [-0.39, 0.29) is 18.4 Å². The van der Waals surface area contributed by atoms with E-state index in [0.29, 0.717) is 12.3 Å². The molecule has 1 aromatic heterocycles.